The second kappa shape index (κ2) is 8.00. The van der Waals surface area contributed by atoms with Crippen molar-refractivity contribution >= 4 is 11.6 Å². The highest BCUT2D eigenvalue weighted by molar-refractivity contribution is 5.94. The van der Waals surface area contributed by atoms with Crippen molar-refractivity contribution < 1.29 is 14.3 Å². The third kappa shape index (κ3) is 4.06. The molecular formula is C22H26N4O3. The first kappa shape index (κ1) is 18.4. The number of rotatable bonds is 5. The molecule has 1 amide bonds. The summed E-state index contributed by atoms with van der Waals surface area (Å²) in [5.74, 6) is 1.17. The molecule has 29 heavy (non-hydrogen) atoms. The second-order valence-corrected chi connectivity index (χ2v) is 7.94. The number of hydrogen-bond acceptors (Lipinski definition) is 6. The van der Waals surface area contributed by atoms with Gasteiger partial charge in [0.05, 0.1) is 25.1 Å². The van der Waals surface area contributed by atoms with Gasteiger partial charge in [-0.25, -0.2) is 4.98 Å². The van der Waals surface area contributed by atoms with Crippen LogP contribution in [0.2, 0.25) is 0 Å². The van der Waals surface area contributed by atoms with Gasteiger partial charge in [-0.1, -0.05) is 0 Å². The van der Waals surface area contributed by atoms with Gasteiger partial charge in [-0.2, -0.15) is 0 Å². The number of nitrogens with zero attached hydrogens (tertiary/aromatic N) is 2. The van der Waals surface area contributed by atoms with Crippen molar-refractivity contribution in [2.24, 2.45) is 0 Å². The SMILES string of the molecule is O=C(N[C@@H]1C[C@H]2CC[C@@H]1N2)c1ccc(Oc2ccc(N3CCOCC3)cn2)cc1. The molecule has 2 N–H and O–H groups in total. The molecule has 0 radical (unpaired) electrons. The molecule has 1 aromatic heterocycles. The van der Waals surface area contributed by atoms with Crippen LogP contribution in [0.5, 0.6) is 11.6 Å². The summed E-state index contributed by atoms with van der Waals surface area (Å²) in [6.45, 7) is 3.25. The Hall–Kier alpha value is -2.64. The Kier molecular flexibility index (Phi) is 5.08. The van der Waals surface area contributed by atoms with Crippen LogP contribution in [0.25, 0.3) is 0 Å². The number of nitrogens with one attached hydrogen (secondary N) is 2. The predicted molar refractivity (Wildman–Crippen MR) is 110 cm³/mol. The van der Waals surface area contributed by atoms with E-state index >= 15 is 0 Å². The minimum atomic E-state index is -0.0242. The van der Waals surface area contributed by atoms with Gasteiger partial charge in [-0.15, -0.1) is 0 Å². The van der Waals surface area contributed by atoms with E-state index in [-0.39, 0.29) is 11.9 Å². The molecule has 3 saturated heterocycles. The van der Waals surface area contributed by atoms with Crippen LogP contribution in [0.1, 0.15) is 29.6 Å². The van der Waals surface area contributed by atoms with E-state index in [0.717, 1.165) is 44.8 Å². The first-order valence-corrected chi connectivity index (χ1v) is 10.4. The predicted octanol–water partition coefficient (Wildman–Crippen LogP) is 2.33. The van der Waals surface area contributed by atoms with Crippen molar-refractivity contribution in [2.45, 2.75) is 37.4 Å². The zero-order valence-electron chi connectivity index (χ0n) is 16.3. The van der Waals surface area contributed by atoms with Crippen LogP contribution in [0.4, 0.5) is 5.69 Å². The molecule has 7 heteroatoms. The first-order valence-electron chi connectivity index (χ1n) is 10.4. The number of benzene rings is 1. The summed E-state index contributed by atoms with van der Waals surface area (Å²) < 4.78 is 11.2. The maximum atomic E-state index is 12.5. The normalized spacial score (nSPS) is 25.8. The fourth-order valence-corrected chi connectivity index (χ4v) is 4.47. The highest BCUT2D eigenvalue weighted by Gasteiger charge is 2.39. The lowest BCUT2D eigenvalue weighted by molar-refractivity contribution is 0.0931. The molecule has 4 heterocycles. The maximum absolute atomic E-state index is 12.5. The Morgan fingerprint density at radius 1 is 1.14 bits per heavy atom. The van der Waals surface area contributed by atoms with Crippen molar-refractivity contribution in [1.82, 2.24) is 15.6 Å². The topological polar surface area (TPSA) is 75.7 Å². The summed E-state index contributed by atoms with van der Waals surface area (Å²) >= 11 is 0. The van der Waals surface area contributed by atoms with E-state index < -0.39 is 0 Å². The van der Waals surface area contributed by atoms with Gasteiger partial charge in [0.2, 0.25) is 5.88 Å². The number of carbonyl (C=O) groups is 1. The van der Waals surface area contributed by atoms with Gasteiger partial charge < -0.3 is 25.0 Å². The highest BCUT2D eigenvalue weighted by Crippen LogP contribution is 2.28. The van der Waals surface area contributed by atoms with Gasteiger partial charge in [-0.05, 0) is 49.6 Å². The molecule has 3 aliphatic heterocycles. The van der Waals surface area contributed by atoms with Crippen molar-refractivity contribution in [3.63, 3.8) is 0 Å². The van der Waals surface area contributed by atoms with E-state index in [9.17, 15) is 4.79 Å². The lowest BCUT2D eigenvalue weighted by atomic mass is 9.95. The molecule has 5 rings (SSSR count). The minimum Gasteiger partial charge on any atom is -0.439 e. The summed E-state index contributed by atoms with van der Waals surface area (Å²) in [5, 5.41) is 6.71. The molecule has 152 valence electrons. The third-order valence-corrected chi connectivity index (χ3v) is 6.05. The lowest BCUT2D eigenvalue weighted by Gasteiger charge is -2.28. The second-order valence-electron chi connectivity index (χ2n) is 7.94. The Balaban J connectivity index is 1.17. The summed E-state index contributed by atoms with van der Waals surface area (Å²) in [5.41, 5.74) is 1.72. The van der Waals surface area contributed by atoms with Crippen LogP contribution in [0, 0.1) is 0 Å². The number of ether oxygens (including phenoxy) is 2. The minimum absolute atomic E-state index is 0.0242. The maximum Gasteiger partial charge on any atom is 0.251 e. The molecule has 7 nitrogen and oxygen atoms in total. The van der Waals surface area contributed by atoms with Crippen LogP contribution in [0.15, 0.2) is 42.6 Å². The molecule has 0 spiro atoms. The number of anilines is 1. The van der Waals surface area contributed by atoms with E-state index in [1.165, 1.54) is 6.42 Å². The smallest absolute Gasteiger partial charge is 0.251 e. The summed E-state index contributed by atoms with van der Waals surface area (Å²) in [6.07, 6.45) is 5.24. The molecular weight excluding hydrogens is 368 g/mol. The molecule has 0 unspecified atom stereocenters. The standard InChI is InChI=1S/C22H26N4O3/c27-22(25-20-13-16-3-7-19(20)24-16)15-1-5-18(6-2-15)29-21-8-4-17(14-23-21)26-9-11-28-12-10-26/h1-2,4-6,8,14,16,19-20,24H,3,7,9-13H2,(H,25,27)/t16-,19+,20-/m1/s1. The lowest BCUT2D eigenvalue weighted by Crippen LogP contribution is -2.42. The Morgan fingerprint density at radius 2 is 1.97 bits per heavy atom. The zero-order valence-corrected chi connectivity index (χ0v) is 16.3. The highest BCUT2D eigenvalue weighted by atomic mass is 16.5. The molecule has 0 aliphatic carbocycles. The number of hydrogen-bond donors (Lipinski definition) is 2. The van der Waals surface area contributed by atoms with Crippen molar-refractivity contribution in [3.8, 4) is 11.6 Å². The van der Waals surface area contributed by atoms with E-state index in [1.807, 2.05) is 30.5 Å². The average Bonchev–Trinajstić information content (AvgIpc) is 3.39. The van der Waals surface area contributed by atoms with Gasteiger partial charge in [-0.3, -0.25) is 4.79 Å². The summed E-state index contributed by atoms with van der Waals surface area (Å²) in [7, 11) is 0. The number of aromatic nitrogens is 1. The molecule has 2 aromatic rings. The van der Waals surface area contributed by atoms with Gasteiger partial charge in [0.15, 0.2) is 0 Å². The Morgan fingerprint density at radius 3 is 2.62 bits per heavy atom. The summed E-state index contributed by atoms with van der Waals surface area (Å²) in [4.78, 5) is 19.2. The van der Waals surface area contributed by atoms with Gasteiger partial charge >= 0.3 is 0 Å². The monoisotopic (exact) mass is 394 g/mol. The fourth-order valence-electron chi connectivity index (χ4n) is 4.47. The van der Waals surface area contributed by atoms with Gasteiger partial charge in [0, 0.05) is 42.8 Å². The van der Waals surface area contributed by atoms with E-state index in [2.05, 4.69) is 20.5 Å². The Bertz CT molecular complexity index is 849. The molecule has 2 bridgehead atoms. The van der Waals surface area contributed by atoms with Crippen LogP contribution >= 0.6 is 0 Å². The largest absolute Gasteiger partial charge is 0.439 e. The number of pyridine rings is 1. The van der Waals surface area contributed by atoms with Crippen molar-refractivity contribution in [1.29, 1.82) is 0 Å². The van der Waals surface area contributed by atoms with Gasteiger partial charge in [0.1, 0.15) is 5.75 Å². The van der Waals surface area contributed by atoms with E-state index in [1.54, 1.807) is 12.1 Å². The van der Waals surface area contributed by atoms with E-state index in [4.69, 9.17) is 9.47 Å². The van der Waals surface area contributed by atoms with Crippen LogP contribution in [-0.4, -0.2) is 55.3 Å². The molecule has 0 saturated carbocycles. The number of fused-ring (bicyclic) bond motifs is 2. The molecule has 1 aromatic carbocycles. The van der Waals surface area contributed by atoms with Crippen LogP contribution in [0.3, 0.4) is 0 Å². The van der Waals surface area contributed by atoms with Crippen molar-refractivity contribution in [3.05, 3.63) is 48.2 Å². The fraction of sp³-hybridized carbons (Fsp3) is 0.455. The third-order valence-electron chi connectivity index (χ3n) is 6.05. The Labute approximate surface area is 170 Å². The van der Waals surface area contributed by atoms with E-state index in [0.29, 0.717) is 29.3 Å². The molecule has 3 aliphatic rings. The average molecular weight is 394 g/mol. The number of morpholine rings is 1. The summed E-state index contributed by atoms with van der Waals surface area (Å²) in [6, 6.07) is 12.3. The number of carbonyl (C=O) groups excluding carboxylic acids is 1. The quantitative estimate of drug-likeness (QED) is 0.811. The first-order chi connectivity index (χ1) is 14.2. The van der Waals surface area contributed by atoms with Crippen LogP contribution < -0.4 is 20.3 Å². The molecule has 3 fully saturated rings. The molecule has 3 atom stereocenters. The van der Waals surface area contributed by atoms with Crippen molar-refractivity contribution in [2.75, 3.05) is 31.2 Å². The van der Waals surface area contributed by atoms with Gasteiger partial charge in [0.25, 0.3) is 5.91 Å². The number of amides is 1. The van der Waals surface area contributed by atoms with Crippen LogP contribution in [-0.2, 0) is 4.74 Å². The zero-order chi connectivity index (χ0) is 19.6.